The topological polar surface area (TPSA) is 9.23 Å². The van der Waals surface area contributed by atoms with Gasteiger partial charge >= 0.3 is 0 Å². The molecular weight excluding hydrogens is 283 g/mol. The molecule has 1 fully saturated rings. The van der Waals surface area contributed by atoms with Gasteiger partial charge in [0.1, 0.15) is 11.6 Å². The molecule has 0 atom stereocenters. The molecule has 2 rings (SSSR count). The molecule has 1 heterocycles. The van der Waals surface area contributed by atoms with Crippen LogP contribution in [0.2, 0.25) is 19.6 Å². The molecular formula is C13H19FOS2Si. The van der Waals surface area contributed by atoms with E-state index in [0.29, 0.717) is 4.58 Å². The molecule has 0 aliphatic carbocycles. The van der Waals surface area contributed by atoms with Crippen LogP contribution in [0.4, 0.5) is 4.39 Å². The van der Waals surface area contributed by atoms with Gasteiger partial charge in [0.15, 0.2) is 0 Å². The summed E-state index contributed by atoms with van der Waals surface area (Å²) in [7, 11) is -1.65. The Hall–Kier alpha value is -0.133. The maximum Gasteiger partial charge on any atom is 0.242 e. The lowest BCUT2D eigenvalue weighted by Gasteiger charge is -2.27. The normalized spacial score (nSPS) is 17.8. The van der Waals surface area contributed by atoms with Crippen LogP contribution in [0.15, 0.2) is 18.2 Å². The lowest BCUT2D eigenvalue weighted by atomic mass is 10.2. The Balaban J connectivity index is 2.28. The minimum atomic E-state index is -1.65. The summed E-state index contributed by atoms with van der Waals surface area (Å²) in [4.78, 5) is 0. The lowest BCUT2D eigenvalue weighted by Crippen LogP contribution is -2.30. The van der Waals surface area contributed by atoms with Crippen molar-refractivity contribution in [2.75, 3.05) is 11.5 Å². The van der Waals surface area contributed by atoms with E-state index in [-0.39, 0.29) is 5.82 Å². The Morgan fingerprint density at radius 2 is 1.89 bits per heavy atom. The van der Waals surface area contributed by atoms with Crippen LogP contribution >= 0.6 is 23.5 Å². The second kappa shape index (κ2) is 5.88. The van der Waals surface area contributed by atoms with Gasteiger partial charge in [-0.1, -0.05) is 0 Å². The summed E-state index contributed by atoms with van der Waals surface area (Å²) in [6.07, 6.45) is 1.24. The third kappa shape index (κ3) is 3.93. The van der Waals surface area contributed by atoms with Crippen LogP contribution in [0.1, 0.15) is 16.6 Å². The first-order valence-electron chi connectivity index (χ1n) is 6.17. The fraction of sp³-hybridized carbons (Fsp3) is 0.538. The Morgan fingerprint density at radius 1 is 1.22 bits per heavy atom. The van der Waals surface area contributed by atoms with Gasteiger partial charge in [0.05, 0.1) is 4.58 Å². The standard InChI is InChI=1S/C13H19FOS2Si/c1-18(2,3)15-12-6-5-10(14)9-11(12)13-16-7-4-8-17-13/h5-6,9,13H,4,7-8H2,1-3H3. The molecule has 1 aromatic rings. The molecule has 0 amide bonds. The second-order valence-electron chi connectivity index (χ2n) is 5.32. The Morgan fingerprint density at radius 3 is 2.50 bits per heavy atom. The largest absolute Gasteiger partial charge is 0.544 e. The van der Waals surface area contributed by atoms with Crippen molar-refractivity contribution in [1.29, 1.82) is 0 Å². The van der Waals surface area contributed by atoms with E-state index in [2.05, 4.69) is 19.6 Å². The summed E-state index contributed by atoms with van der Waals surface area (Å²) in [6, 6.07) is 4.93. The fourth-order valence-corrected chi connectivity index (χ4v) is 5.56. The average Bonchev–Trinajstić information content (AvgIpc) is 2.31. The van der Waals surface area contributed by atoms with Crippen molar-refractivity contribution >= 4 is 31.8 Å². The number of benzene rings is 1. The van der Waals surface area contributed by atoms with Crippen LogP contribution in [0.25, 0.3) is 0 Å². The van der Waals surface area contributed by atoms with Crippen molar-refractivity contribution in [1.82, 2.24) is 0 Å². The lowest BCUT2D eigenvalue weighted by molar-refractivity contribution is 0.546. The van der Waals surface area contributed by atoms with Gasteiger partial charge in [0, 0.05) is 5.56 Å². The summed E-state index contributed by atoms with van der Waals surface area (Å²) in [6.45, 7) is 6.46. The van der Waals surface area contributed by atoms with E-state index >= 15 is 0 Å². The smallest absolute Gasteiger partial charge is 0.242 e. The van der Waals surface area contributed by atoms with Crippen LogP contribution in [0.5, 0.6) is 5.75 Å². The average molecular weight is 303 g/mol. The first kappa shape index (κ1) is 14.3. The molecule has 18 heavy (non-hydrogen) atoms. The Bertz CT molecular complexity index is 414. The SMILES string of the molecule is C[Si](C)(C)Oc1ccc(F)cc1C1SCCCS1. The molecule has 1 aliphatic heterocycles. The Kier molecular flexibility index (Phi) is 4.67. The van der Waals surface area contributed by atoms with Crippen molar-refractivity contribution in [2.24, 2.45) is 0 Å². The highest BCUT2D eigenvalue weighted by Gasteiger charge is 2.24. The van der Waals surface area contributed by atoms with E-state index in [1.54, 1.807) is 12.1 Å². The number of halogens is 1. The molecule has 1 aromatic carbocycles. The molecule has 0 saturated carbocycles. The second-order valence-corrected chi connectivity index (χ2v) is 12.5. The molecule has 1 aliphatic rings. The van der Waals surface area contributed by atoms with Crippen molar-refractivity contribution < 1.29 is 8.82 Å². The molecule has 0 bridgehead atoms. The summed E-state index contributed by atoms with van der Waals surface area (Å²) in [5.74, 6) is 3.02. The predicted molar refractivity (Wildman–Crippen MR) is 82.6 cm³/mol. The number of thioether (sulfide) groups is 2. The van der Waals surface area contributed by atoms with E-state index < -0.39 is 8.32 Å². The van der Waals surface area contributed by atoms with E-state index in [1.807, 2.05) is 23.5 Å². The van der Waals surface area contributed by atoms with Gasteiger partial charge in [-0.15, -0.1) is 23.5 Å². The molecule has 100 valence electrons. The number of hydrogen-bond acceptors (Lipinski definition) is 3. The molecule has 0 unspecified atom stereocenters. The third-order valence-electron chi connectivity index (χ3n) is 2.47. The minimum Gasteiger partial charge on any atom is -0.544 e. The highest BCUT2D eigenvalue weighted by atomic mass is 32.2. The number of hydrogen-bond donors (Lipinski definition) is 0. The predicted octanol–water partition coefficient (Wildman–Crippen LogP) is 4.91. The minimum absolute atomic E-state index is 0.167. The maximum absolute atomic E-state index is 13.5. The fourth-order valence-electron chi connectivity index (χ4n) is 1.79. The van der Waals surface area contributed by atoms with E-state index in [4.69, 9.17) is 4.43 Å². The van der Waals surface area contributed by atoms with Crippen LogP contribution in [0.3, 0.4) is 0 Å². The quantitative estimate of drug-likeness (QED) is 0.734. The van der Waals surface area contributed by atoms with Gasteiger partial charge in [0.25, 0.3) is 0 Å². The molecule has 0 spiro atoms. The van der Waals surface area contributed by atoms with Crippen molar-refractivity contribution in [3.63, 3.8) is 0 Å². The Labute approximate surface area is 118 Å². The highest BCUT2D eigenvalue weighted by molar-refractivity contribution is 8.16. The molecule has 0 radical (unpaired) electrons. The van der Waals surface area contributed by atoms with Gasteiger partial charge < -0.3 is 4.43 Å². The van der Waals surface area contributed by atoms with E-state index in [1.165, 1.54) is 12.5 Å². The van der Waals surface area contributed by atoms with Crippen molar-refractivity contribution in [3.8, 4) is 5.75 Å². The van der Waals surface area contributed by atoms with Gasteiger partial charge in [-0.05, 0) is 55.8 Å². The van der Waals surface area contributed by atoms with Gasteiger partial charge in [-0.25, -0.2) is 4.39 Å². The third-order valence-corrected chi connectivity index (χ3v) is 6.28. The van der Waals surface area contributed by atoms with Crippen LogP contribution in [0, 0.1) is 5.82 Å². The summed E-state index contributed by atoms with van der Waals surface area (Å²) < 4.78 is 19.9. The van der Waals surface area contributed by atoms with Crippen LogP contribution in [-0.2, 0) is 0 Å². The molecule has 0 N–H and O–H groups in total. The van der Waals surface area contributed by atoms with E-state index in [0.717, 1.165) is 22.8 Å². The maximum atomic E-state index is 13.5. The van der Waals surface area contributed by atoms with E-state index in [9.17, 15) is 4.39 Å². The number of rotatable bonds is 3. The molecule has 1 saturated heterocycles. The van der Waals surface area contributed by atoms with Gasteiger partial charge in [-0.2, -0.15) is 0 Å². The molecule has 1 nitrogen and oxygen atoms in total. The zero-order valence-electron chi connectivity index (χ0n) is 11.0. The van der Waals surface area contributed by atoms with Gasteiger partial charge in [0.2, 0.25) is 8.32 Å². The highest BCUT2D eigenvalue weighted by Crippen LogP contribution is 2.47. The van der Waals surface area contributed by atoms with Crippen molar-refractivity contribution in [2.45, 2.75) is 30.6 Å². The van der Waals surface area contributed by atoms with Crippen LogP contribution in [-0.4, -0.2) is 19.8 Å². The van der Waals surface area contributed by atoms with Crippen molar-refractivity contribution in [3.05, 3.63) is 29.6 Å². The zero-order valence-corrected chi connectivity index (χ0v) is 13.7. The monoisotopic (exact) mass is 302 g/mol. The molecule has 0 aromatic heterocycles. The first-order chi connectivity index (χ1) is 8.46. The summed E-state index contributed by atoms with van der Waals surface area (Å²) in [5.41, 5.74) is 1.02. The summed E-state index contributed by atoms with van der Waals surface area (Å²) in [5, 5.41) is 0. The first-order valence-corrected chi connectivity index (χ1v) is 11.7. The van der Waals surface area contributed by atoms with Crippen LogP contribution < -0.4 is 4.43 Å². The van der Waals surface area contributed by atoms with Gasteiger partial charge in [-0.3, -0.25) is 0 Å². The molecule has 5 heteroatoms. The zero-order chi connectivity index (χ0) is 13.2. The summed E-state index contributed by atoms with van der Waals surface area (Å²) >= 11 is 3.79.